The van der Waals surface area contributed by atoms with Gasteiger partial charge in [0.05, 0.1) is 18.3 Å². The number of aromatic nitrogens is 7. The minimum atomic E-state index is -0.106. The Morgan fingerprint density at radius 1 is 1.18 bits per heavy atom. The molecule has 0 aliphatic carbocycles. The third-order valence-corrected chi connectivity index (χ3v) is 4.78. The highest BCUT2D eigenvalue weighted by Crippen LogP contribution is 2.19. The zero-order valence-electron chi connectivity index (χ0n) is 15.4. The molecule has 5 rings (SSSR count). The number of imidazole rings is 2. The third-order valence-electron chi connectivity index (χ3n) is 4.78. The van der Waals surface area contributed by atoms with Gasteiger partial charge in [0.1, 0.15) is 5.82 Å². The first-order valence-corrected chi connectivity index (χ1v) is 9.27. The van der Waals surface area contributed by atoms with Gasteiger partial charge in [0.2, 0.25) is 5.78 Å². The summed E-state index contributed by atoms with van der Waals surface area (Å²) >= 11 is 0. The lowest BCUT2D eigenvalue weighted by molar-refractivity contribution is 0.663. The van der Waals surface area contributed by atoms with Crippen molar-refractivity contribution in [3.63, 3.8) is 0 Å². The number of hydrogen-bond acceptors (Lipinski definition) is 4. The quantitative estimate of drug-likeness (QED) is 0.513. The van der Waals surface area contributed by atoms with Crippen molar-refractivity contribution >= 4 is 16.9 Å². The molecule has 0 atom stereocenters. The summed E-state index contributed by atoms with van der Waals surface area (Å²) < 4.78 is 5.39. The molecule has 0 bridgehead atoms. The van der Waals surface area contributed by atoms with Gasteiger partial charge in [-0.05, 0) is 12.0 Å². The Morgan fingerprint density at radius 3 is 2.86 bits per heavy atom. The van der Waals surface area contributed by atoms with Gasteiger partial charge >= 0.3 is 0 Å². The van der Waals surface area contributed by atoms with Crippen molar-refractivity contribution in [1.29, 1.82) is 0 Å². The average Bonchev–Trinajstić information content (AvgIpc) is 3.44. The van der Waals surface area contributed by atoms with Gasteiger partial charge in [-0.1, -0.05) is 37.3 Å². The fourth-order valence-electron chi connectivity index (χ4n) is 3.48. The molecule has 0 unspecified atom stereocenters. The van der Waals surface area contributed by atoms with Crippen molar-refractivity contribution < 1.29 is 0 Å². The summed E-state index contributed by atoms with van der Waals surface area (Å²) in [4.78, 5) is 25.1. The maximum Gasteiger partial charge on any atom is 0.280 e. The number of nitrogens with zero attached hydrogens (tertiary/aromatic N) is 6. The topological polar surface area (TPSA) is 85.8 Å². The lowest BCUT2D eigenvalue weighted by Gasteiger charge is -2.05. The van der Waals surface area contributed by atoms with Crippen LogP contribution < -0.4 is 5.56 Å². The molecule has 4 aromatic heterocycles. The van der Waals surface area contributed by atoms with Gasteiger partial charge < -0.3 is 4.98 Å². The number of hydrogen-bond donors (Lipinski definition) is 1. The monoisotopic (exact) mass is 373 g/mol. The van der Waals surface area contributed by atoms with Gasteiger partial charge in [-0.2, -0.15) is 5.10 Å². The highest BCUT2D eigenvalue weighted by Gasteiger charge is 2.17. The Morgan fingerprint density at radius 2 is 2.04 bits per heavy atom. The predicted octanol–water partition coefficient (Wildman–Crippen LogP) is 2.69. The Hall–Kier alpha value is -3.68. The highest BCUT2D eigenvalue weighted by molar-refractivity contribution is 5.77. The van der Waals surface area contributed by atoms with E-state index in [2.05, 4.69) is 32.2 Å². The van der Waals surface area contributed by atoms with Crippen LogP contribution in [0.15, 0.2) is 59.9 Å². The van der Waals surface area contributed by atoms with Gasteiger partial charge in [-0.25, -0.2) is 9.97 Å². The van der Waals surface area contributed by atoms with E-state index in [0.29, 0.717) is 35.9 Å². The number of rotatable bonds is 5. The molecule has 0 spiro atoms. The zero-order valence-corrected chi connectivity index (χ0v) is 15.4. The number of aromatic amines is 1. The maximum absolute atomic E-state index is 12.9. The first-order chi connectivity index (χ1) is 13.7. The van der Waals surface area contributed by atoms with Crippen molar-refractivity contribution in [3.05, 3.63) is 71.0 Å². The smallest absolute Gasteiger partial charge is 0.280 e. The number of nitrogens with one attached hydrogen (secondary N) is 1. The van der Waals surface area contributed by atoms with E-state index in [1.165, 1.54) is 5.56 Å². The predicted molar refractivity (Wildman–Crippen MR) is 106 cm³/mol. The average molecular weight is 373 g/mol. The molecule has 0 fully saturated rings. The van der Waals surface area contributed by atoms with Crippen LogP contribution >= 0.6 is 0 Å². The molecule has 8 nitrogen and oxygen atoms in total. The van der Waals surface area contributed by atoms with Crippen LogP contribution in [0.25, 0.3) is 28.3 Å². The van der Waals surface area contributed by atoms with Crippen LogP contribution in [0.4, 0.5) is 0 Å². The molecule has 4 heterocycles. The Labute approximate surface area is 160 Å². The van der Waals surface area contributed by atoms with Crippen LogP contribution in [0.3, 0.4) is 0 Å². The molecule has 28 heavy (non-hydrogen) atoms. The van der Waals surface area contributed by atoms with E-state index in [1.807, 2.05) is 46.6 Å². The fraction of sp³-hybridized carbons (Fsp3) is 0.200. The minimum absolute atomic E-state index is 0.106. The third kappa shape index (κ3) is 2.61. The molecule has 1 N–H and O–H groups in total. The molecule has 0 radical (unpaired) electrons. The molecule has 0 aliphatic heterocycles. The van der Waals surface area contributed by atoms with Crippen LogP contribution in [0.5, 0.6) is 0 Å². The van der Waals surface area contributed by atoms with Crippen molar-refractivity contribution in [3.8, 4) is 11.4 Å². The van der Waals surface area contributed by atoms with Crippen LogP contribution in [-0.4, -0.2) is 33.7 Å². The van der Waals surface area contributed by atoms with Crippen molar-refractivity contribution in [2.24, 2.45) is 0 Å². The molecule has 5 aromatic rings. The molecule has 0 aliphatic rings. The van der Waals surface area contributed by atoms with E-state index in [4.69, 9.17) is 0 Å². The SMILES string of the molecule is CCCn1c(=O)c2[nH]c(-c3cnn(Cc4ccccc4)c3)nc2n2ccnc12. The van der Waals surface area contributed by atoms with E-state index in [9.17, 15) is 4.79 Å². The Kier molecular flexibility index (Phi) is 3.82. The fourth-order valence-corrected chi connectivity index (χ4v) is 3.48. The second-order valence-corrected chi connectivity index (χ2v) is 6.75. The molecular formula is C20H19N7O. The summed E-state index contributed by atoms with van der Waals surface area (Å²) in [5.74, 6) is 1.23. The van der Waals surface area contributed by atoms with Gasteiger partial charge in [-0.3, -0.25) is 18.4 Å². The van der Waals surface area contributed by atoms with Crippen molar-refractivity contribution in [2.75, 3.05) is 0 Å². The second kappa shape index (κ2) is 6.49. The molecule has 140 valence electrons. The molecule has 0 saturated heterocycles. The first-order valence-electron chi connectivity index (χ1n) is 9.27. The zero-order chi connectivity index (χ0) is 19.1. The van der Waals surface area contributed by atoms with Gasteiger partial charge in [0.25, 0.3) is 5.56 Å². The van der Waals surface area contributed by atoms with Crippen LogP contribution in [-0.2, 0) is 13.1 Å². The van der Waals surface area contributed by atoms with E-state index in [-0.39, 0.29) is 5.56 Å². The van der Waals surface area contributed by atoms with Crippen molar-refractivity contribution in [1.82, 2.24) is 33.7 Å². The van der Waals surface area contributed by atoms with Gasteiger partial charge in [0, 0.05) is 25.1 Å². The standard InChI is InChI=1S/C20H19N7O/c1-2-9-27-19(28)16-18(26-10-8-21-20(26)27)24-17(23-16)15-11-22-25(13-15)12-14-6-4-3-5-7-14/h3-8,10-11,13H,2,9,12H2,1H3,(H,23,24). The van der Waals surface area contributed by atoms with E-state index in [0.717, 1.165) is 12.0 Å². The van der Waals surface area contributed by atoms with E-state index in [1.54, 1.807) is 17.0 Å². The summed E-state index contributed by atoms with van der Waals surface area (Å²) in [5, 5.41) is 4.43. The van der Waals surface area contributed by atoms with Crippen LogP contribution in [0.1, 0.15) is 18.9 Å². The summed E-state index contributed by atoms with van der Waals surface area (Å²) in [7, 11) is 0. The number of H-pyrrole nitrogens is 1. The largest absolute Gasteiger partial charge is 0.332 e. The van der Waals surface area contributed by atoms with Crippen LogP contribution in [0, 0.1) is 0 Å². The summed E-state index contributed by atoms with van der Waals surface area (Å²) in [5.41, 5.74) is 2.96. The van der Waals surface area contributed by atoms with Gasteiger partial charge in [0.15, 0.2) is 11.2 Å². The summed E-state index contributed by atoms with van der Waals surface area (Å²) in [6.07, 6.45) is 8.05. The molecule has 0 saturated carbocycles. The molecule has 8 heteroatoms. The normalized spacial score (nSPS) is 11.6. The lowest BCUT2D eigenvalue weighted by atomic mass is 10.2. The minimum Gasteiger partial charge on any atom is -0.332 e. The first kappa shape index (κ1) is 16.5. The van der Waals surface area contributed by atoms with E-state index >= 15 is 0 Å². The van der Waals surface area contributed by atoms with Gasteiger partial charge in [-0.15, -0.1) is 0 Å². The summed E-state index contributed by atoms with van der Waals surface area (Å²) in [6, 6.07) is 10.1. The van der Waals surface area contributed by atoms with E-state index < -0.39 is 0 Å². The number of aryl methyl sites for hydroxylation is 1. The highest BCUT2D eigenvalue weighted by atomic mass is 16.1. The lowest BCUT2D eigenvalue weighted by Crippen LogP contribution is -2.23. The maximum atomic E-state index is 12.9. The number of benzene rings is 1. The summed E-state index contributed by atoms with van der Waals surface area (Å²) in [6.45, 7) is 3.32. The Bertz CT molecular complexity index is 1320. The molecule has 1 aromatic carbocycles. The molecular weight excluding hydrogens is 354 g/mol. The van der Waals surface area contributed by atoms with Crippen LogP contribution in [0.2, 0.25) is 0 Å². The Balaban J connectivity index is 1.59. The number of fused-ring (bicyclic) bond motifs is 3. The second-order valence-electron chi connectivity index (χ2n) is 6.75. The van der Waals surface area contributed by atoms with Crippen molar-refractivity contribution in [2.45, 2.75) is 26.4 Å². The molecule has 0 amide bonds.